The molecule has 1 aliphatic rings. The standard InChI is InChI=1S/C17H17ClN2O3/c18-13-6-7-16(19-10-13)20-17(21)12-3-1-4-14(9-12)23-11-15-5-2-8-22-15/h1,3-4,6-7,9-10,15H,2,5,8,11H2,(H,19,20,21). The number of benzene rings is 1. The molecule has 1 unspecified atom stereocenters. The van der Waals surface area contributed by atoms with E-state index in [0.29, 0.717) is 28.8 Å². The molecule has 0 spiro atoms. The first kappa shape index (κ1) is 15.8. The number of amides is 1. The number of hydrogen-bond donors (Lipinski definition) is 1. The lowest BCUT2D eigenvalue weighted by atomic mass is 10.2. The smallest absolute Gasteiger partial charge is 0.256 e. The molecule has 1 saturated heterocycles. The number of nitrogens with zero attached hydrogens (tertiary/aromatic N) is 1. The molecule has 1 amide bonds. The summed E-state index contributed by atoms with van der Waals surface area (Å²) < 4.78 is 11.2. The van der Waals surface area contributed by atoms with E-state index < -0.39 is 0 Å². The van der Waals surface area contributed by atoms with Crippen molar-refractivity contribution in [1.82, 2.24) is 4.98 Å². The van der Waals surface area contributed by atoms with Crippen molar-refractivity contribution in [2.24, 2.45) is 0 Å². The number of carbonyl (C=O) groups excluding carboxylic acids is 1. The van der Waals surface area contributed by atoms with Gasteiger partial charge in [0.05, 0.1) is 11.1 Å². The zero-order valence-electron chi connectivity index (χ0n) is 12.5. The molecule has 0 radical (unpaired) electrons. The second-order valence-electron chi connectivity index (χ2n) is 5.29. The van der Waals surface area contributed by atoms with E-state index >= 15 is 0 Å². The molecule has 2 heterocycles. The fraction of sp³-hybridized carbons (Fsp3) is 0.294. The summed E-state index contributed by atoms with van der Waals surface area (Å²) in [5.41, 5.74) is 0.506. The Morgan fingerprint density at radius 2 is 2.30 bits per heavy atom. The van der Waals surface area contributed by atoms with Crippen LogP contribution in [0.4, 0.5) is 5.82 Å². The number of hydrogen-bond acceptors (Lipinski definition) is 4. The van der Waals surface area contributed by atoms with Crippen LogP contribution in [0.1, 0.15) is 23.2 Å². The zero-order chi connectivity index (χ0) is 16.1. The SMILES string of the molecule is O=C(Nc1ccc(Cl)cn1)c1cccc(OCC2CCCO2)c1. The highest BCUT2D eigenvalue weighted by molar-refractivity contribution is 6.30. The van der Waals surface area contributed by atoms with Crippen LogP contribution in [0.15, 0.2) is 42.6 Å². The van der Waals surface area contributed by atoms with Crippen molar-refractivity contribution >= 4 is 23.3 Å². The Kier molecular flexibility index (Phi) is 5.10. The fourth-order valence-corrected chi connectivity index (χ4v) is 2.44. The summed E-state index contributed by atoms with van der Waals surface area (Å²) in [6.07, 6.45) is 3.72. The van der Waals surface area contributed by atoms with Crippen molar-refractivity contribution < 1.29 is 14.3 Å². The van der Waals surface area contributed by atoms with Crippen LogP contribution in [-0.4, -0.2) is 30.2 Å². The van der Waals surface area contributed by atoms with Gasteiger partial charge in [-0.3, -0.25) is 4.79 Å². The predicted octanol–water partition coefficient (Wildman–Crippen LogP) is 3.55. The van der Waals surface area contributed by atoms with Gasteiger partial charge in [-0.25, -0.2) is 4.98 Å². The molecule has 1 N–H and O–H groups in total. The average molecular weight is 333 g/mol. The Hall–Kier alpha value is -2.11. The van der Waals surface area contributed by atoms with Crippen LogP contribution in [0, 0.1) is 0 Å². The van der Waals surface area contributed by atoms with Gasteiger partial charge in [0.25, 0.3) is 5.91 Å². The van der Waals surface area contributed by atoms with E-state index in [2.05, 4.69) is 10.3 Å². The monoisotopic (exact) mass is 332 g/mol. The first-order chi connectivity index (χ1) is 11.2. The number of carbonyl (C=O) groups is 1. The van der Waals surface area contributed by atoms with Crippen molar-refractivity contribution in [3.8, 4) is 5.75 Å². The number of halogens is 1. The zero-order valence-corrected chi connectivity index (χ0v) is 13.3. The lowest BCUT2D eigenvalue weighted by molar-refractivity contribution is 0.0679. The van der Waals surface area contributed by atoms with E-state index in [1.807, 2.05) is 6.07 Å². The number of aromatic nitrogens is 1. The van der Waals surface area contributed by atoms with Crippen LogP contribution in [0.5, 0.6) is 5.75 Å². The minimum absolute atomic E-state index is 0.144. The summed E-state index contributed by atoms with van der Waals surface area (Å²) in [5, 5.41) is 3.24. The Balaban J connectivity index is 1.61. The number of pyridine rings is 1. The van der Waals surface area contributed by atoms with Gasteiger partial charge >= 0.3 is 0 Å². The maximum Gasteiger partial charge on any atom is 0.256 e. The van der Waals surface area contributed by atoms with Crippen LogP contribution < -0.4 is 10.1 Å². The highest BCUT2D eigenvalue weighted by atomic mass is 35.5. The quantitative estimate of drug-likeness (QED) is 0.909. The third-order valence-electron chi connectivity index (χ3n) is 3.53. The molecule has 1 fully saturated rings. The molecule has 6 heteroatoms. The van der Waals surface area contributed by atoms with Gasteiger partial charge < -0.3 is 14.8 Å². The van der Waals surface area contributed by atoms with Gasteiger partial charge in [-0.15, -0.1) is 0 Å². The Morgan fingerprint density at radius 3 is 3.04 bits per heavy atom. The molecule has 5 nitrogen and oxygen atoms in total. The maximum atomic E-state index is 12.2. The average Bonchev–Trinajstić information content (AvgIpc) is 3.09. The van der Waals surface area contributed by atoms with Crippen LogP contribution in [-0.2, 0) is 4.74 Å². The topological polar surface area (TPSA) is 60.5 Å². The number of rotatable bonds is 5. The third-order valence-corrected chi connectivity index (χ3v) is 3.75. The van der Waals surface area contributed by atoms with Gasteiger partial charge in [0.1, 0.15) is 18.2 Å². The lowest BCUT2D eigenvalue weighted by Gasteiger charge is -2.12. The summed E-state index contributed by atoms with van der Waals surface area (Å²) in [4.78, 5) is 16.3. The summed E-state index contributed by atoms with van der Waals surface area (Å²) in [6.45, 7) is 1.30. The van der Waals surface area contributed by atoms with E-state index in [4.69, 9.17) is 21.1 Å². The van der Waals surface area contributed by atoms with Gasteiger partial charge in [0.15, 0.2) is 0 Å². The van der Waals surface area contributed by atoms with Crippen LogP contribution >= 0.6 is 11.6 Å². The Morgan fingerprint density at radius 1 is 1.39 bits per heavy atom. The summed E-state index contributed by atoms with van der Waals surface area (Å²) in [6, 6.07) is 10.4. The van der Waals surface area contributed by atoms with Crippen LogP contribution in [0.3, 0.4) is 0 Å². The normalized spacial score (nSPS) is 17.0. The molecule has 0 bridgehead atoms. The minimum atomic E-state index is -0.248. The molecule has 1 aromatic carbocycles. The van der Waals surface area contributed by atoms with E-state index in [1.54, 1.807) is 30.3 Å². The molecular weight excluding hydrogens is 316 g/mol. The van der Waals surface area contributed by atoms with Gasteiger partial charge in [-0.05, 0) is 43.2 Å². The fourth-order valence-electron chi connectivity index (χ4n) is 2.33. The molecule has 1 atom stereocenters. The van der Waals surface area contributed by atoms with E-state index in [1.165, 1.54) is 6.20 Å². The Bertz CT molecular complexity index is 670. The van der Waals surface area contributed by atoms with E-state index in [9.17, 15) is 4.79 Å². The van der Waals surface area contributed by atoms with E-state index in [0.717, 1.165) is 19.4 Å². The van der Waals surface area contributed by atoms with Crippen LogP contribution in [0.2, 0.25) is 5.02 Å². The van der Waals surface area contributed by atoms with Gasteiger partial charge in [0.2, 0.25) is 0 Å². The highest BCUT2D eigenvalue weighted by Crippen LogP contribution is 2.18. The summed E-state index contributed by atoms with van der Waals surface area (Å²) >= 11 is 5.77. The number of nitrogens with one attached hydrogen (secondary N) is 1. The second kappa shape index (κ2) is 7.44. The highest BCUT2D eigenvalue weighted by Gasteiger charge is 2.16. The molecule has 1 aliphatic heterocycles. The molecule has 23 heavy (non-hydrogen) atoms. The molecule has 0 saturated carbocycles. The minimum Gasteiger partial charge on any atom is -0.491 e. The molecule has 2 aromatic rings. The lowest BCUT2D eigenvalue weighted by Crippen LogP contribution is -2.17. The van der Waals surface area contributed by atoms with Gasteiger partial charge in [0, 0.05) is 18.4 Å². The molecular formula is C17H17ClN2O3. The molecule has 0 aliphatic carbocycles. The third kappa shape index (κ3) is 4.43. The summed E-state index contributed by atoms with van der Waals surface area (Å²) in [7, 11) is 0. The first-order valence-corrected chi connectivity index (χ1v) is 7.86. The van der Waals surface area contributed by atoms with Crippen molar-refractivity contribution in [2.45, 2.75) is 18.9 Å². The number of ether oxygens (including phenoxy) is 2. The first-order valence-electron chi connectivity index (χ1n) is 7.48. The maximum absolute atomic E-state index is 12.2. The molecule has 3 rings (SSSR count). The van der Waals surface area contributed by atoms with E-state index in [-0.39, 0.29) is 12.0 Å². The van der Waals surface area contributed by atoms with Gasteiger partial charge in [-0.1, -0.05) is 17.7 Å². The Labute approximate surface area is 139 Å². The van der Waals surface area contributed by atoms with Crippen molar-refractivity contribution in [2.75, 3.05) is 18.5 Å². The molecule has 1 aromatic heterocycles. The largest absolute Gasteiger partial charge is 0.491 e. The van der Waals surface area contributed by atoms with Crippen molar-refractivity contribution in [3.63, 3.8) is 0 Å². The molecule has 120 valence electrons. The predicted molar refractivity (Wildman–Crippen MR) is 88.1 cm³/mol. The van der Waals surface area contributed by atoms with Crippen molar-refractivity contribution in [1.29, 1.82) is 0 Å². The van der Waals surface area contributed by atoms with Gasteiger partial charge in [-0.2, -0.15) is 0 Å². The number of anilines is 1. The summed E-state index contributed by atoms with van der Waals surface area (Å²) in [5.74, 6) is 0.852. The van der Waals surface area contributed by atoms with Crippen molar-refractivity contribution in [3.05, 3.63) is 53.2 Å². The van der Waals surface area contributed by atoms with Crippen LogP contribution in [0.25, 0.3) is 0 Å². The second-order valence-corrected chi connectivity index (χ2v) is 5.73.